The van der Waals surface area contributed by atoms with Crippen molar-refractivity contribution in [1.29, 1.82) is 0 Å². The summed E-state index contributed by atoms with van der Waals surface area (Å²) in [4.78, 5) is 16.8. The van der Waals surface area contributed by atoms with Crippen molar-refractivity contribution in [2.24, 2.45) is 5.10 Å². The van der Waals surface area contributed by atoms with Gasteiger partial charge in [-0.15, -0.1) is 11.3 Å². The highest BCUT2D eigenvalue weighted by molar-refractivity contribution is 7.12. The summed E-state index contributed by atoms with van der Waals surface area (Å²) < 4.78 is 46.9. The molecule has 5 rings (SSSR count). The van der Waals surface area contributed by atoms with Crippen LogP contribution in [0, 0.1) is 0 Å². The molecule has 186 valence electrons. The van der Waals surface area contributed by atoms with Crippen molar-refractivity contribution in [2.45, 2.75) is 6.18 Å². The minimum atomic E-state index is -4.65. The first-order chi connectivity index (χ1) is 17.8. The Bertz CT molecular complexity index is 1620. The smallest absolute Gasteiger partial charge is 0.435 e. The highest BCUT2D eigenvalue weighted by Gasteiger charge is 2.35. The number of hydrogen-bond donors (Lipinski definition) is 1. The van der Waals surface area contributed by atoms with Gasteiger partial charge in [-0.05, 0) is 40.6 Å². The van der Waals surface area contributed by atoms with Crippen LogP contribution in [0.4, 0.5) is 13.2 Å². The van der Waals surface area contributed by atoms with Crippen LogP contribution in [0.2, 0.25) is 0 Å². The maximum absolute atomic E-state index is 13.5. The van der Waals surface area contributed by atoms with Crippen molar-refractivity contribution in [3.05, 3.63) is 95.1 Å². The van der Waals surface area contributed by atoms with E-state index in [0.29, 0.717) is 16.9 Å². The van der Waals surface area contributed by atoms with Crippen molar-refractivity contribution >= 4 is 34.2 Å². The van der Waals surface area contributed by atoms with Gasteiger partial charge in [0.05, 0.1) is 19.0 Å². The molecule has 0 atom stereocenters. The van der Waals surface area contributed by atoms with E-state index in [1.165, 1.54) is 11.6 Å². The van der Waals surface area contributed by atoms with Crippen LogP contribution >= 0.6 is 11.3 Å². The molecule has 2 heterocycles. The number of fused-ring (bicyclic) bond motifs is 1. The molecule has 0 bridgehead atoms. The third-order valence-electron chi connectivity index (χ3n) is 5.42. The molecule has 0 fully saturated rings. The molecular weight excluding hydrogens is 503 g/mol. The van der Waals surface area contributed by atoms with Gasteiger partial charge in [0.25, 0.3) is 5.91 Å². The van der Waals surface area contributed by atoms with E-state index in [2.05, 4.69) is 20.6 Å². The number of nitrogens with zero attached hydrogens (tertiary/aromatic N) is 4. The van der Waals surface area contributed by atoms with Crippen molar-refractivity contribution in [3.8, 4) is 22.1 Å². The normalized spacial score (nSPS) is 11.8. The molecule has 0 aliphatic carbocycles. The molecule has 7 nitrogen and oxygen atoms in total. The highest BCUT2D eigenvalue weighted by atomic mass is 32.1. The van der Waals surface area contributed by atoms with Gasteiger partial charge in [-0.2, -0.15) is 23.4 Å². The van der Waals surface area contributed by atoms with Gasteiger partial charge in [0, 0.05) is 10.9 Å². The number of rotatable bonds is 6. The summed E-state index contributed by atoms with van der Waals surface area (Å²) >= 11 is 0.995. The van der Waals surface area contributed by atoms with E-state index in [1.54, 1.807) is 43.5 Å². The van der Waals surface area contributed by atoms with Crippen LogP contribution in [0.3, 0.4) is 0 Å². The molecule has 37 heavy (non-hydrogen) atoms. The Morgan fingerprint density at radius 2 is 1.86 bits per heavy atom. The fourth-order valence-corrected chi connectivity index (χ4v) is 4.40. The van der Waals surface area contributed by atoms with Gasteiger partial charge in [-0.1, -0.05) is 48.5 Å². The number of amides is 1. The number of aromatic nitrogens is 3. The van der Waals surface area contributed by atoms with Crippen LogP contribution in [-0.4, -0.2) is 34.0 Å². The number of hydrazone groups is 1. The lowest BCUT2D eigenvalue weighted by Crippen LogP contribution is -2.18. The predicted molar refractivity (Wildman–Crippen MR) is 135 cm³/mol. The molecule has 3 aromatic carbocycles. The minimum absolute atomic E-state index is 0.00341. The van der Waals surface area contributed by atoms with Crippen LogP contribution in [-0.2, 0) is 6.18 Å². The second-order valence-corrected chi connectivity index (χ2v) is 8.71. The number of ether oxygens (including phenoxy) is 1. The summed E-state index contributed by atoms with van der Waals surface area (Å²) in [6, 6.07) is 20.9. The first-order valence-electron chi connectivity index (χ1n) is 10.9. The lowest BCUT2D eigenvalue weighted by molar-refractivity contribution is -0.141. The fraction of sp³-hybridized carbons (Fsp3) is 0.0769. The number of hydrogen-bond acceptors (Lipinski definition) is 6. The SMILES string of the molecule is COc1cccc(C=NNC(=O)c2csc(-n3nc(C(F)(F)F)cc3-c3ccc4ccccc4c3)n2)c1. The molecule has 2 aromatic heterocycles. The summed E-state index contributed by atoms with van der Waals surface area (Å²) in [6.45, 7) is 0. The molecule has 0 saturated heterocycles. The molecule has 1 N–H and O–H groups in total. The number of methoxy groups -OCH3 is 1. The van der Waals surface area contributed by atoms with E-state index < -0.39 is 17.8 Å². The van der Waals surface area contributed by atoms with Crippen molar-refractivity contribution in [1.82, 2.24) is 20.2 Å². The molecule has 1 amide bonds. The number of carbonyl (C=O) groups is 1. The van der Waals surface area contributed by atoms with Crippen molar-refractivity contribution in [2.75, 3.05) is 7.11 Å². The summed E-state index contributed by atoms with van der Waals surface area (Å²) in [5, 5.41) is 11.1. The Balaban J connectivity index is 1.43. The molecule has 0 aliphatic rings. The first-order valence-corrected chi connectivity index (χ1v) is 11.8. The van der Waals surface area contributed by atoms with E-state index in [0.717, 1.165) is 32.9 Å². The number of thiazole rings is 1. The van der Waals surface area contributed by atoms with Gasteiger partial charge in [-0.25, -0.2) is 15.1 Å². The van der Waals surface area contributed by atoms with Gasteiger partial charge in [0.2, 0.25) is 5.13 Å². The Morgan fingerprint density at radius 1 is 1.05 bits per heavy atom. The van der Waals surface area contributed by atoms with Gasteiger partial charge < -0.3 is 4.74 Å². The topological polar surface area (TPSA) is 81.4 Å². The van der Waals surface area contributed by atoms with Gasteiger partial charge in [-0.3, -0.25) is 4.79 Å². The Hall–Kier alpha value is -4.51. The van der Waals surface area contributed by atoms with Crippen LogP contribution in [0.25, 0.3) is 27.2 Å². The van der Waals surface area contributed by atoms with Crippen molar-refractivity contribution in [3.63, 3.8) is 0 Å². The molecule has 0 radical (unpaired) electrons. The zero-order valence-electron chi connectivity index (χ0n) is 19.2. The first kappa shape index (κ1) is 24.2. The highest BCUT2D eigenvalue weighted by Crippen LogP contribution is 2.34. The van der Waals surface area contributed by atoms with E-state index in [1.807, 2.05) is 30.3 Å². The Labute approximate surface area is 212 Å². The average Bonchev–Trinajstić information content (AvgIpc) is 3.56. The monoisotopic (exact) mass is 521 g/mol. The standard InChI is InChI=1S/C26H18F3N5O2S/c1-36-20-8-4-5-16(11-20)14-30-32-24(35)21-15-37-25(31-21)34-22(13-23(33-34)26(27,28)29)19-10-9-17-6-2-3-7-18(17)12-19/h2-15H,1H3,(H,32,35). The number of alkyl halides is 3. The third kappa shape index (κ3) is 5.21. The van der Waals surface area contributed by atoms with E-state index in [9.17, 15) is 18.0 Å². The van der Waals surface area contributed by atoms with E-state index in [4.69, 9.17) is 4.74 Å². The zero-order valence-corrected chi connectivity index (χ0v) is 20.0. The maximum atomic E-state index is 13.5. The number of nitrogens with one attached hydrogen (secondary N) is 1. The zero-order chi connectivity index (χ0) is 26.0. The Morgan fingerprint density at radius 3 is 2.65 bits per heavy atom. The lowest BCUT2D eigenvalue weighted by Gasteiger charge is -2.06. The molecule has 0 spiro atoms. The third-order valence-corrected chi connectivity index (χ3v) is 6.24. The van der Waals surface area contributed by atoms with Crippen LogP contribution in [0.5, 0.6) is 5.75 Å². The summed E-state index contributed by atoms with van der Waals surface area (Å²) in [5.41, 5.74) is 2.75. The van der Waals surface area contributed by atoms with Crippen molar-refractivity contribution < 1.29 is 22.7 Å². The lowest BCUT2D eigenvalue weighted by atomic mass is 10.0. The second kappa shape index (κ2) is 9.86. The van der Waals surface area contributed by atoms with Gasteiger partial charge >= 0.3 is 6.18 Å². The quantitative estimate of drug-likeness (QED) is 0.222. The Kier molecular flexibility index (Phi) is 6.45. The van der Waals surface area contributed by atoms with Gasteiger partial charge in [0.15, 0.2) is 5.69 Å². The summed E-state index contributed by atoms with van der Waals surface area (Å²) in [6.07, 6.45) is -3.21. The number of halogens is 3. The largest absolute Gasteiger partial charge is 0.497 e. The van der Waals surface area contributed by atoms with Crippen LogP contribution in [0.15, 0.2) is 83.3 Å². The second-order valence-electron chi connectivity index (χ2n) is 7.88. The van der Waals surface area contributed by atoms with Crippen LogP contribution in [0.1, 0.15) is 21.7 Å². The summed E-state index contributed by atoms with van der Waals surface area (Å²) in [7, 11) is 1.54. The molecule has 5 aromatic rings. The van der Waals surface area contributed by atoms with E-state index in [-0.39, 0.29) is 16.5 Å². The van der Waals surface area contributed by atoms with Gasteiger partial charge in [0.1, 0.15) is 11.4 Å². The molecule has 11 heteroatoms. The number of benzene rings is 3. The molecular formula is C26H18F3N5O2S. The molecule has 0 unspecified atom stereocenters. The fourth-order valence-electron chi connectivity index (χ4n) is 3.63. The minimum Gasteiger partial charge on any atom is -0.497 e. The predicted octanol–water partition coefficient (Wildman–Crippen LogP) is 5.94. The molecule has 0 aliphatic heterocycles. The van der Waals surface area contributed by atoms with Crippen LogP contribution < -0.4 is 10.2 Å². The van der Waals surface area contributed by atoms with E-state index >= 15 is 0 Å². The maximum Gasteiger partial charge on any atom is 0.435 e. The molecule has 0 saturated carbocycles. The number of carbonyl (C=O) groups excluding carboxylic acids is 1. The average molecular weight is 522 g/mol. The summed E-state index contributed by atoms with van der Waals surface area (Å²) in [5.74, 6) is 0.0242.